The number of amides is 1. The Hall–Kier alpha value is -4.45. The molecular formula is C32H39N9O3. The molecule has 3 fully saturated rings. The number of nitrogens with one attached hydrogen (secondary N) is 2. The van der Waals surface area contributed by atoms with Gasteiger partial charge in [-0.1, -0.05) is 12.6 Å². The van der Waals surface area contributed by atoms with Crippen molar-refractivity contribution in [2.24, 2.45) is 0 Å². The Kier molecular flexibility index (Phi) is 7.45. The fourth-order valence-corrected chi connectivity index (χ4v) is 6.33. The molecule has 1 atom stereocenters. The average Bonchev–Trinajstić information content (AvgIpc) is 3.57. The predicted molar refractivity (Wildman–Crippen MR) is 170 cm³/mol. The zero-order chi connectivity index (χ0) is 30.4. The van der Waals surface area contributed by atoms with Gasteiger partial charge in [0.05, 0.1) is 23.4 Å². The summed E-state index contributed by atoms with van der Waals surface area (Å²) in [4.78, 5) is 33.8. The number of hydrogen-bond acceptors (Lipinski definition) is 10. The van der Waals surface area contributed by atoms with Gasteiger partial charge >= 0.3 is 6.01 Å². The molecule has 7 rings (SSSR count). The molecule has 12 nitrogen and oxygen atoms in total. The van der Waals surface area contributed by atoms with Crippen molar-refractivity contribution in [2.75, 3.05) is 63.6 Å². The summed E-state index contributed by atoms with van der Waals surface area (Å²) in [5.41, 5.74) is 5.12. The van der Waals surface area contributed by atoms with Crippen LogP contribution in [0.25, 0.3) is 33.1 Å². The van der Waals surface area contributed by atoms with Crippen LogP contribution in [0.1, 0.15) is 31.2 Å². The third-order valence-corrected chi connectivity index (χ3v) is 9.02. The minimum atomic E-state index is -0.0638. The number of H-pyrrole nitrogens is 1. The van der Waals surface area contributed by atoms with Crippen molar-refractivity contribution in [3.05, 3.63) is 36.5 Å². The normalized spacial score (nSPS) is 19.1. The van der Waals surface area contributed by atoms with E-state index in [0.717, 1.165) is 59.8 Å². The van der Waals surface area contributed by atoms with Gasteiger partial charge < -0.3 is 29.5 Å². The number of pyridine rings is 1. The van der Waals surface area contributed by atoms with Crippen molar-refractivity contribution >= 4 is 39.5 Å². The summed E-state index contributed by atoms with van der Waals surface area (Å²) in [6.07, 6.45) is 7.54. The highest BCUT2D eigenvalue weighted by Gasteiger charge is 2.33. The first-order valence-electron chi connectivity index (χ1n) is 15.5. The number of piperazine rings is 1. The number of aromatic nitrogens is 5. The quantitative estimate of drug-likeness (QED) is 0.276. The summed E-state index contributed by atoms with van der Waals surface area (Å²) in [7, 11) is 4.01. The summed E-state index contributed by atoms with van der Waals surface area (Å²) in [5.74, 6) is 1.96. The molecule has 230 valence electrons. The largest absolute Gasteiger partial charge is 0.487 e. The number of fused-ring (bicyclic) bond motifs is 2. The van der Waals surface area contributed by atoms with Crippen LogP contribution in [0.15, 0.2) is 31.0 Å². The molecule has 1 aliphatic carbocycles. The lowest BCUT2D eigenvalue weighted by Crippen LogP contribution is -2.48. The van der Waals surface area contributed by atoms with E-state index in [1.807, 2.05) is 19.3 Å². The number of likely N-dealkylation sites (N-methyl/N-ethyl adjacent to an activating group) is 1. The molecule has 0 spiro atoms. The van der Waals surface area contributed by atoms with Crippen molar-refractivity contribution in [3.63, 3.8) is 0 Å². The molecule has 2 N–H and O–H groups in total. The van der Waals surface area contributed by atoms with Gasteiger partial charge in [-0.15, -0.1) is 0 Å². The fraction of sp³-hybridized carbons (Fsp3) is 0.469. The van der Waals surface area contributed by atoms with Crippen LogP contribution in [0.2, 0.25) is 0 Å². The maximum Gasteiger partial charge on any atom is 0.319 e. The number of carbonyl (C=O) groups excluding carboxylic acids is 1. The zero-order valence-electron chi connectivity index (χ0n) is 25.6. The predicted octanol–water partition coefficient (Wildman–Crippen LogP) is 3.77. The Morgan fingerprint density at radius 2 is 1.91 bits per heavy atom. The number of anilines is 2. The highest BCUT2D eigenvalue weighted by Crippen LogP contribution is 2.47. The van der Waals surface area contributed by atoms with E-state index in [9.17, 15) is 4.79 Å². The van der Waals surface area contributed by atoms with Crippen LogP contribution in [0, 0.1) is 6.92 Å². The van der Waals surface area contributed by atoms with E-state index >= 15 is 0 Å². The maximum atomic E-state index is 12.3. The maximum absolute atomic E-state index is 12.3. The molecule has 3 aliphatic rings. The Morgan fingerprint density at radius 3 is 2.61 bits per heavy atom. The summed E-state index contributed by atoms with van der Waals surface area (Å²) >= 11 is 0. The average molecular weight is 598 g/mol. The molecule has 0 unspecified atom stereocenters. The fourth-order valence-electron chi connectivity index (χ4n) is 6.33. The highest BCUT2D eigenvalue weighted by atomic mass is 16.5. The minimum Gasteiger partial charge on any atom is -0.487 e. The van der Waals surface area contributed by atoms with E-state index in [-0.39, 0.29) is 12.0 Å². The third-order valence-electron chi connectivity index (χ3n) is 9.02. The number of aromatic amines is 1. The molecule has 1 saturated carbocycles. The van der Waals surface area contributed by atoms with E-state index in [0.29, 0.717) is 73.3 Å². The first-order valence-corrected chi connectivity index (χ1v) is 15.5. The van der Waals surface area contributed by atoms with E-state index < -0.39 is 0 Å². The van der Waals surface area contributed by atoms with Crippen LogP contribution in [-0.2, 0) is 4.79 Å². The molecule has 2 saturated heterocycles. The third kappa shape index (κ3) is 5.17. The molecule has 2 aliphatic heterocycles. The number of hydrogen-bond donors (Lipinski definition) is 2. The van der Waals surface area contributed by atoms with E-state index in [1.54, 1.807) is 4.90 Å². The lowest BCUT2D eigenvalue weighted by atomic mass is 9.95. The van der Waals surface area contributed by atoms with Crippen molar-refractivity contribution in [3.8, 4) is 22.9 Å². The summed E-state index contributed by atoms with van der Waals surface area (Å²) < 4.78 is 13.1. The number of nitrogens with zero attached hydrogens (tertiary/aromatic N) is 7. The second-order valence-corrected chi connectivity index (χ2v) is 12.0. The number of carbonyl (C=O) groups is 1. The van der Waals surface area contributed by atoms with Gasteiger partial charge in [0.15, 0.2) is 11.6 Å². The van der Waals surface area contributed by atoms with Crippen molar-refractivity contribution < 1.29 is 14.3 Å². The molecule has 3 aromatic heterocycles. The van der Waals surface area contributed by atoms with Gasteiger partial charge in [0, 0.05) is 50.2 Å². The van der Waals surface area contributed by atoms with Crippen molar-refractivity contribution in [1.82, 2.24) is 34.9 Å². The molecule has 5 heterocycles. The lowest BCUT2D eigenvalue weighted by molar-refractivity contribution is -0.126. The summed E-state index contributed by atoms with van der Waals surface area (Å²) in [6, 6.07) is 4.75. The molecular weight excluding hydrogens is 558 g/mol. The Labute approximate surface area is 256 Å². The molecule has 44 heavy (non-hydrogen) atoms. The van der Waals surface area contributed by atoms with Crippen LogP contribution < -0.4 is 19.7 Å². The number of aryl methyl sites for hydroxylation is 1. The molecule has 0 radical (unpaired) electrons. The minimum absolute atomic E-state index is 0.0638. The highest BCUT2D eigenvalue weighted by molar-refractivity contribution is 6.06. The van der Waals surface area contributed by atoms with Crippen LogP contribution >= 0.6 is 0 Å². The monoisotopic (exact) mass is 597 g/mol. The standard InChI is InChI=1S/C32H39N9O3/c1-5-24(42)40-13-15-41(16-14-40)31-28-27(36-32(37-31)43-18-20-7-6-12-39(20)4)29(44-21-9-10-21)26(30(33-3)35-28)25-19(2)8-11-23-22(25)17-34-38-23/h5,8,11,17,20-21H,1,6-7,9-10,12-16,18H2,2-4H3,(H,33,35)(H,34,38)/t20-/m0/s1. The van der Waals surface area contributed by atoms with E-state index in [4.69, 9.17) is 24.4 Å². The summed E-state index contributed by atoms with van der Waals surface area (Å²) in [5, 5.41) is 11.8. The number of ether oxygens (including phenoxy) is 2. The first kappa shape index (κ1) is 28.3. The van der Waals surface area contributed by atoms with Gasteiger partial charge in [-0.25, -0.2) is 4.98 Å². The number of rotatable bonds is 9. The van der Waals surface area contributed by atoms with Crippen molar-refractivity contribution in [1.29, 1.82) is 0 Å². The van der Waals surface area contributed by atoms with Gasteiger partial charge in [0.2, 0.25) is 5.91 Å². The Bertz CT molecular complexity index is 1730. The summed E-state index contributed by atoms with van der Waals surface area (Å²) in [6.45, 7) is 9.62. The molecule has 0 bridgehead atoms. The first-order chi connectivity index (χ1) is 21.4. The lowest BCUT2D eigenvalue weighted by Gasteiger charge is -2.35. The second-order valence-electron chi connectivity index (χ2n) is 12.0. The Balaban J connectivity index is 1.41. The topological polar surface area (TPSA) is 125 Å². The Morgan fingerprint density at radius 1 is 1.09 bits per heavy atom. The molecule has 1 amide bonds. The van der Waals surface area contributed by atoms with E-state index in [1.165, 1.54) is 6.08 Å². The zero-order valence-corrected chi connectivity index (χ0v) is 25.6. The van der Waals surface area contributed by atoms with Gasteiger partial charge in [0.25, 0.3) is 0 Å². The van der Waals surface area contributed by atoms with Crippen LogP contribution in [0.3, 0.4) is 0 Å². The molecule has 4 aromatic rings. The van der Waals surface area contributed by atoms with Gasteiger partial charge in [-0.2, -0.15) is 15.1 Å². The van der Waals surface area contributed by atoms with Gasteiger partial charge in [-0.05, 0) is 63.9 Å². The second kappa shape index (κ2) is 11.6. The van der Waals surface area contributed by atoms with Crippen LogP contribution in [0.4, 0.5) is 11.6 Å². The number of benzene rings is 1. The SMILES string of the molecule is C=CC(=O)N1CCN(c2nc(OC[C@@H]3CCCN3C)nc3c(OC4CC4)c(-c4c(C)ccc5[nH]ncc45)c(NC)nc23)CC1. The van der Waals surface area contributed by atoms with Gasteiger partial charge in [-0.3, -0.25) is 9.89 Å². The number of likely N-dealkylation sites (tertiary alicyclic amines) is 1. The molecule has 1 aromatic carbocycles. The molecule has 12 heteroatoms. The van der Waals surface area contributed by atoms with Crippen molar-refractivity contribution in [2.45, 2.75) is 44.8 Å². The van der Waals surface area contributed by atoms with Gasteiger partial charge in [0.1, 0.15) is 23.5 Å². The van der Waals surface area contributed by atoms with E-state index in [2.05, 4.69) is 51.9 Å². The van der Waals surface area contributed by atoms with Crippen LogP contribution in [-0.4, -0.2) is 106 Å². The smallest absolute Gasteiger partial charge is 0.319 e. The van der Waals surface area contributed by atoms with Crippen LogP contribution in [0.5, 0.6) is 11.8 Å².